The first kappa shape index (κ1) is 13.9. The van der Waals surface area contributed by atoms with Gasteiger partial charge in [-0.05, 0) is 37.0 Å². The fraction of sp³-hybridized carbons (Fsp3) is 0.533. The van der Waals surface area contributed by atoms with E-state index in [0.717, 1.165) is 12.2 Å². The van der Waals surface area contributed by atoms with Crippen LogP contribution in [0.5, 0.6) is 5.75 Å². The van der Waals surface area contributed by atoms with Crippen LogP contribution in [-0.4, -0.2) is 42.7 Å². The van der Waals surface area contributed by atoms with E-state index >= 15 is 0 Å². The van der Waals surface area contributed by atoms with Crippen molar-refractivity contribution in [1.29, 1.82) is 0 Å². The molecule has 4 heteroatoms. The number of hydrogen-bond acceptors (Lipinski definition) is 3. The molecule has 0 bridgehead atoms. The van der Waals surface area contributed by atoms with E-state index < -0.39 is 0 Å². The van der Waals surface area contributed by atoms with Crippen LogP contribution >= 0.6 is 0 Å². The van der Waals surface area contributed by atoms with Gasteiger partial charge in [-0.1, -0.05) is 12.1 Å². The molecule has 1 N–H and O–H groups in total. The number of methoxy groups -OCH3 is 1. The van der Waals surface area contributed by atoms with Crippen LogP contribution in [-0.2, 0) is 4.79 Å². The number of carbonyl (C=O) groups is 1. The molecule has 104 valence electrons. The zero-order chi connectivity index (χ0) is 13.8. The summed E-state index contributed by atoms with van der Waals surface area (Å²) < 4.78 is 5.13. The normalized spacial score (nSPS) is 21.0. The second-order valence-corrected chi connectivity index (χ2v) is 4.86. The zero-order valence-corrected chi connectivity index (χ0v) is 11.5. The second kappa shape index (κ2) is 6.06. The zero-order valence-electron chi connectivity index (χ0n) is 11.5. The fourth-order valence-corrected chi connectivity index (χ4v) is 2.47. The highest BCUT2D eigenvalue weighted by atomic mass is 16.5. The Hall–Kier alpha value is -1.55. The fourth-order valence-electron chi connectivity index (χ4n) is 2.47. The van der Waals surface area contributed by atoms with Crippen LogP contribution in [0.25, 0.3) is 0 Å². The van der Waals surface area contributed by atoms with Crippen molar-refractivity contribution in [3.05, 3.63) is 29.8 Å². The number of hydrogen-bond donors (Lipinski definition) is 1. The van der Waals surface area contributed by atoms with Gasteiger partial charge in [-0.15, -0.1) is 0 Å². The van der Waals surface area contributed by atoms with E-state index in [1.54, 1.807) is 12.0 Å². The molecule has 2 atom stereocenters. The van der Waals surface area contributed by atoms with Crippen molar-refractivity contribution in [3.8, 4) is 5.75 Å². The highest BCUT2D eigenvalue weighted by molar-refractivity contribution is 5.83. The second-order valence-electron chi connectivity index (χ2n) is 4.86. The van der Waals surface area contributed by atoms with Crippen molar-refractivity contribution in [3.63, 3.8) is 0 Å². The smallest absolute Gasteiger partial charge is 0.226 e. The summed E-state index contributed by atoms with van der Waals surface area (Å²) in [6.07, 6.45) is 0.910. The van der Waals surface area contributed by atoms with Crippen LogP contribution in [0.1, 0.15) is 24.8 Å². The molecule has 0 aliphatic heterocycles. The Morgan fingerprint density at radius 3 is 2.63 bits per heavy atom. The Balaban J connectivity index is 1.97. The van der Waals surface area contributed by atoms with Gasteiger partial charge in [0.15, 0.2) is 0 Å². The summed E-state index contributed by atoms with van der Waals surface area (Å²) in [6.45, 7) is 3.06. The van der Waals surface area contributed by atoms with E-state index in [9.17, 15) is 4.79 Å². The van der Waals surface area contributed by atoms with Gasteiger partial charge in [-0.2, -0.15) is 0 Å². The Kier molecular flexibility index (Phi) is 4.43. The molecule has 4 nitrogen and oxygen atoms in total. The van der Waals surface area contributed by atoms with Crippen LogP contribution < -0.4 is 4.74 Å². The highest BCUT2D eigenvalue weighted by Gasteiger charge is 2.45. The molecule has 2 rings (SSSR count). The predicted molar refractivity (Wildman–Crippen MR) is 73.2 cm³/mol. The number of likely N-dealkylation sites (N-methyl/N-ethyl adjacent to an activating group) is 1. The van der Waals surface area contributed by atoms with E-state index in [1.807, 2.05) is 31.2 Å². The third kappa shape index (κ3) is 3.07. The summed E-state index contributed by atoms with van der Waals surface area (Å²) in [5.74, 6) is 1.41. The van der Waals surface area contributed by atoms with E-state index in [4.69, 9.17) is 9.84 Å². The summed E-state index contributed by atoms with van der Waals surface area (Å²) in [7, 11) is 1.65. The lowest BCUT2D eigenvalue weighted by molar-refractivity contribution is -0.133. The van der Waals surface area contributed by atoms with Crippen molar-refractivity contribution in [2.75, 3.05) is 26.8 Å². The number of aliphatic hydroxyl groups is 1. The van der Waals surface area contributed by atoms with E-state index in [-0.39, 0.29) is 18.4 Å². The monoisotopic (exact) mass is 263 g/mol. The van der Waals surface area contributed by atoms with Gasteiger partial charge in [-0.25, -0.2) is 0 Å². The molecule has 1 aromatic rings. The van der Waals surface area contributed by atoms with Crippen LogP contribution in [0.3, 0.4) is 0 Å². The van der Waals surface area contributed by atoms with Crippen LogP contribution in [0.15, 0.2) is 24.3 Å². The summed E-state index contributed by atoms with van der Waals surface area (Å²) in [4.78, 5) is 14.0. The minimum atomic E-state index is 0.0273. The molecule has 0 heterocycles. The third-order valence-electron chi connectivity index (χ3n) is 3.71. The molecule has 1 amide bonds. The first-order valence-corrected chi connectivity index (χ1v) is 6.74. The predicted octanol–water partition coefficient (Wildman–Crippen LogP) is 1.64. The largest absolute Gasteiger partial charge is 0.497 e. The lowest BCUT2D eigenvalue weighted by atomic mass is 10.1. The molecule has 1 fully saturated rings. The molecule has 1 aliphatic rings. The molecule has 2 unspecified atom stereocenters. The van der Waals surface area contributed by atoms with Crippen LogP contribution in [0, 0.1) is 5.92 Å². The van der Waals surface area contributed by atoms with Crippen LogP contribution in [0.2, 0.25) is 0 Å². The molecule has 1 aliphatic carbocycles. The Bertz CT molecular complexity index is 430. The maximum absolute atomic E-state index is 12.2. The number of ether oxygens (including phenoxy) is 1. The molecule has 1 saturated carbocycles. The molecular weight excluding hydrogens is 242 g/mol. The number of benzene rings is 1. The van der Waals surface area contributed by atoms with Crippen LogP contribution in [0.4, 0.5) is 0 Å². The lowest BCUT2D eigenvalue weighted by Gasteiger charge is -2.19. The molecule has 0 saturated heterocycles. The van der Waals surface area contributed by atoms with Crippen molar-refractivity contribution >= 4 is 5.91 Å². The van der Waals surface area contributed by atoms with E-state index in [2.05, 4.69) is 0 Å². The quantitative estimate of drug-likeness (QED) is 0.849. The highest BCUT2D eigenvalue weighted by Crippen LogP contribution is 2.48. The number of carbonyl (C=O) groups excluding carboxylic acids is 1. The van der Waals surface area contributed by atoms with Crippen molar-refractivity contribution in [2.45, 2.75) is 19.3 Å². The van der Waals surface area contributed by atoms with Crippen molar-refractivity contribution in [2.24, 2.45) is 5.92 Å². The Morgan fingerprint density at radius 2 is 2.11 bits per heavy atom. The topological polar surface area (TPSA) is 49.8 Å². The van der Waals surface area contributed by atoms with Crippen molar-refractivity contribution in [1.82, 2.24) is 4.90 Å². The van der Waals surface area contributed by atoms with E-state index in [0.29, 0.717) is 19.0 Å². The first-order valence-electron chi connectivity index (χ1n) is 6.74. The van der Waals surface area contributed by atoms with Gasteiger partial charge in [0.05, 0.1) is 13.7 Å². The Labute approximate surface area is 114 Å². The number of rotatable bonds is 6. The SMILES string of the molecule is CCN(CCO)C(=O)C1CC1c1ccc(OC)cc1. The minimum Gasteiger partial charge on any atom is -0.497 e. The van der Waals surface area contributed by atoms with Gasteiger partial charge in [-0.3, -0.25) is 4.79 Å². The summed E-state index contributed by atoms with van der Waals surface area (Å²) in [6, 6.07) is 7.92. The molecule has 19 heavy (non-hydrogen) atoms. The van der Waals surface area contributed by atoms with Gasteiger partial charge in [0.25, 0.3) is 0 Å². The number of aliphatic hydroxyl groups excluding tert-OH is 1. The standard InChI is InChI=1S/C15H21NO3/c1-3-16(8-9-17)15(18)14-10-13(14)11-4-6-12(19-2)7-5-11/h4-7,13-14,17H,3,8-10H2,1-2H3. The molecule has 0 spiro atoms. The van der Waals surface area contributed by atoms with Gasteiger partial charge >= 0.3 is 0 Å². The average Bonchev–Trinajstić information content (AvgIpc) is 3.24. The maximum atomic E-state index is 12.2. The summed E-state index contributed by atoms with van der Waals surface area (Å²) >= 11 is 0. The average molecular weight is 263 g/mol. The third-order valence-corrected chi connectivity index (χ3v) is 3.71. The maximum Gasteiger partial charge on any atom is 0.226 e. The molecule has 0 aromatic heterocycles. The number of amides is 1. The van der Waals surface area contributed by atoms with Gasteiger partial charge < -0.3 is 14.7 Å². The first-order chi connectivity index (χ1) is 9.21. The number of nitrogens with zero attached hydrogens (tertiary/aromatic N) is 1. The molecule has 0 radical (unpaired) electrons. The van der Waals surface area contributed by atoms with Gasteiger partial charge in [0.1, 0.15) is 5.75 Å². The molecular formula is C15H21NO3. The molecule has 1 aromatic carbocycles. The van der Waals surface area contributed by atoms with Gasteiger partial charge in [0, 0.05) is 19.0 Å². The summed E-state index contributed by atoms with van der Waals surface area (Å²) in [5, 5.41) is 8.95. The van der Waals surface area contributed by atoms with Gasteiger partial charge in [0.2, 0.25) is 5.91 Å². The van der Waals surface area contributed by atoms with Crippen molar-refractivity contribution < 1.29 is 14.6 Å². The minimum absolute atomic E-state index is 0.0273. The Morgan fingerprint density at radius 1 is 1.42 bits per heavy atom. The lowest BCUT2D eigenvalue weighted by Crippen LogP contribution is -2.34. The van der Waals surface area contributed by atoms with E-state index in [1.165, 1.54) is 5.56 Å². The summed E-state index contributed by atoms with van der Waals surface area (Å²) in [5.41, 5.74) is 1.19.